The normalized spacial score (nSPS) is 12.3. The van der Waals surface area contributed by atoms with Crippen molar-refractivity contribution in [2.24, 2.45) is 0 Å². The summed E-state index contributed by atoms with van der Waals surface area (Å²) in [5.41, 5.74) is -0.390. The maximum absolute atomic E-state index is 12.4. The molecule has 1 heterocycles. The number of nitrogens with zero attached hydrogens (tertiary/aromatic N) is 1. The number of hydrogen-bond donors (Lipinski definition) is 1. The van der Waals surface area contributed by atoms with Gasteiger partial charge in [-0.25, -0.2) is 13.1 Å². The Kier molecular flexibility index (Phi) is 4.29. The largest absolute Gasteiger partial charge is 0.416 e. The lowest BCUT2D eigenvalue weighted by Gasteiger charge is -2.09. The number of hydrogen-bond acceptors (Lipinski definition) is 3. The lowest BCUT2D eigenvalue weighted by atomic mass is 10.2. The van der Waals surface area contributed by atoms with Crippen molar-refractivity contribution in [2.45, 2.75) is 17.6 Å². The monoisotopic (exact) mass is 316 g/mol. The average Bonchev–Trinajstić information content (AvgIpc) is 2.46. The Morgan fingerprint density at radius 2 is 1.71 bits per heavy atom. The second-order valence-electron chi connectivity index (χ2n) is 4.17. The maximum atomic E-state index is 12.4. The molecule has 0 saturated carbocycles. The minimum Gasteiger partial charge on any atom is -0.260 e. The van der Waals surface area contributed by atoms with E-state index in [-0.39, 0.29) is 11.4 Å². The third kappa shape index (κ3) is 4.02. The number of nitrogens with one attached hydrogen (secondary N) is 1. The predicted octanol–water partition coefficient (Wildman–Crippen LogP) is 2.58. The van der Waals surface area contributed by atoms with Gasteiger partial charge >= 0.3 is 6.18 Å². The van der Waals surface area contributed by atoms with Gasteiger partial charge in [0.2, 0.25) is 10.0 Å². The molecule has 1 N–H and O–H groups in total. The van der Waals surface area contributed by atoms with Crippen molar-refractivity contribution in [3.63, 3.8) is 0 Å². The summed E-state index contributed by atoms with van der Waals surface area (Å²) in [4.78, 5) is 3.72. The van der Waals surface area contributed by atoms with Crippen molar-refractivity contribution >= 4 is 10.0 Å². The van der Waals surface area contributed by atoms with Crippen molar-refractivity contribution in [3.8, 4) is 0 Å². The highest BCUT2D eigenvalue weighted by atomic mass is 32.2. The Balaban J connectivity index is 2.13. The zero-order chi connectivity index (χ0) is 15.5. The first-order valence-corrected chi connectivity index (χ1v) is 7.34. The second-order valence-corrected chi connectivity index (χ2v) is 5.93. The molecule has 2 rings (SSSR count). The highest BCUT2D eigenvalue weighted by Crippen LogP contribution is 2.29. The first kappa shape index (κ1) is 15.5. The van der Waals surface area contributed by atoms with Gasteiger partial charge in [-0.2, -0.15) is 13.2 Å². The Hall–Kier alpha value is -1.93. The van der Waals surface area contributed by atoms with Gasteiger partial charge in [-0.15, -0.1) is 0 Å². The minimum atomic E-state index is -4.50. The smallest absolute Gasteiger partial charge is 0.260 e. The van der Waals surface area contributed by atoms with Crippen LogP contribution < -0.4 is 4.72 Å². The number of pyridine rings is 1. The Labute approximate surface area is 119 Å². The van der Waals surface area contributed by atoms with Crippen LogP contribution in [0.15, 0.2) is 53.6 Å². The molecule has 2 aromatic rings. The molecule has 0 aliphatic carbocycles. The Morgan fingerprint density at radius 3 is 2.24 bits per heavy atom. The van der Waals surface area contributed by atoms with Crippen molar-refractivity contribution in [2.75, 3.05) is 0 Å². The summed E-state index contributed by atoms with van der Waals surface area (Å²) in [7, 11) is -3.88. The van der Waals surface area contributed by atoms with Crippen LogP contribution in [0.5, 0.6) is 0 Å². The van der Waals surface area contributed by atoms with Crippen molar-refractivity contribution in [3.05, 3.63) is 59.9 Å². The first-order chi connectivity index (χ1) is 9.79. The van der Waals surface area contributed by atoms with E-state index in [2.05, 4.69) is 9.71 Å². The molecule has 1 aromatic heterocycles. The highest BCUT2D eigenvalue weighted by molar-refractivity contribution is 7.89. The zero-order valence-electron chi connectivity index (χ0n) is 10.6. The topological polar surface area (TPSA) is 59.1 Å². The van der Waals surface area contributed by atoms with Crippen LogP contribution in [0.1, 0.15) is 11.3 Å². The third-order valence-corrected chi connectivity index (χ3v) is 4.08. The Morgan fingerprint density at radius 1 is 1.05 bits per heavy atom. The molecule has 0 fully saturated rings. The molecule has 0 atom stereocenters. The van der Waals surface area contributed by atoms with E-state index in [1.165, 1.54) is 6.20 Å². The van der Waals surface area contributed by atoms with E-state index in [1.54, 1.807) is 18.2 Å². The molecule has 4 nitrogen and oxygen atoms in total. The van der Waals surface area contributed by atoms with Crippen LogP contribution in [0.4, 0.5) is 13.2 Å². The molecule has 1 aromatic carbocycles. The minimum absolute atomic E-state index is 0.0375. The third-order valence-electron chi connectivity index (χ3n) is 2.66. The molecule has 0 radical (unpaired) electrons. The Bertz CT molecular complexity index is 698. The van der Waals surface area contributed by atoms with Gasteiger partial charge in [-0.1, -0.05) is 6.07 Å². The number of alkyl halides is 3. The first-order valence-electron chi connectivity index (χ1n) is 5.86. The summed E-state index contributed by atoms with van der Waals surface area (Å²) in [6.45, 7) is -0.0375. The van der Waals surface area contributed by atoms with Crippen LogP contribution >= 0.6 is 0 Å². The summed E-state index contributed by atoms with van der Waals surface area (Å²) in [5.74, 6) is 0. The van der Waals surface area contributed by atoms with Crippen LogP contribution in [0, 0.1) is 0 Å². The molecule has 0 aliphatic rings. The van der Waals surface area contributed by atoms with Gasteiger partial charge in [-0.05, 0) is 36.4 Å². The van der Waals surface area contributed by atoms with E-state index >= 15 is 0 Å². The fourth-order valence-electron chi connectivity index (χ4n) is 1.58. The molecule has 112 valence electrons. The van der Waals surface area contributed by atoms with E-state index in [0.717, 1.165) is 24.3 Å². The predicted molar refractivity (Wildman–Crippen MR) is 69.7 cm³/mol. The molecule has 0 saturated heterocycles. The summed E-state index contributed by atoms with van der Waals surface area (Å²) in [6.07, 6.45) is -2.98. The van der Waals surface area contributed by atoms with Gasteiger partial charge in [0, 0.05) is 6.20 Å². The van der Waals surface area contributed by atoms with Crippen LogP contribution in [0.2, 0.25) is 0 Å². The standard InChI is InChI=1S/C13H11F3N2O2S/c14-13(15,16)10-4-6-12(7-5-10)21(19,20)18-9-11-3-1-2-8-17-11/h1-8,18H,9H2. The van der Waals surface area contributed by atoms with E-state index < -0.39 is 21.8 Å². The van der Waals surface area contributed by atoms with E-state index in [1.807, 2.05) is 0 Å². The summed E-state index contributed by atoms with van der Waals surface area (Å²) < 4.78 is 63.4. The SMILES string of the molecule is O=S(=O)(NCc1ccccn1)c1ccc(C(F)(F)F)cc1. The molecular formula is C13H11F3N2O2S. The van der Waals surface area contributed by atoms with E-state index in [9.17, 15) is 21.6 Å². The molecule has 0 bridgehead atoms. The molecule has 0 aliphatic heterocycles. The molecule has 21 heavy (non-hydrogen) atoms. The quantitative estimate of drug-likeness (QED) is 0.943. The number of sulfonamides is 1. The number of aromatic nitrogens is 1. The fraction of sp³-hybridized carbons (Fsp3) is 0.154. The van der Waals surface area contributed by atoms with Gasteiger partial charge in [0.25, 0.3) is 0 Å². The van der Waals surface area contributed by atoms with Gasteiger partial charge in [0.05, 0.1) is 22.7 Å². The summed E-state index contributed by atoms with van der Waals surface area (Å²) in [5, 5.41) is 0. The van der Waals surface area contributed by atoms with Crippen molar-refractivity contribution < 1.29 is 21.6 Å². The summed E-state index contributed by atoms with van der Waals surface area (Å²) in [6, 6.07) is 8.33. The van der Waals surface area contributed by atoms with Crippen LogP contribution in [-0.4, -0.2) is 13.4 Å². The molecule has 8 heteroatoms. The van der Waals surface area contributed by atoms with Crippen molar-refractivity contribution in [1.29, 1.82) is 0 Å². The van der Waals surface area contributed by atoms with E-state index in [4.69, 9.17) is 0 Å². The van der Waals surface area contributed by atoms with Crippen molar-refractivity contribution in [1.82, 2.24) is 9.71 Å². The zero-order valence-corrected chi connectivity index (χ0v) is 11.4. The molecule has 0 spiro atoms. The maximum Gasteiger partial charge on any atom is 0.416 e. The van der Waals surface area contributed by atoms with Gasteiger partial charge in [0.1, 0.15) is 0 Å². The van der Waals surface area contributed by atoms with Crippen LogP contribution in [0.25, 0.3) is 0 Å². The number of rotatable bonds is 4. The average molecular weight is 316 g/mol. The molecule has 0 amide bonds. The van der Waals surface area contributed by atoms with Crippen LogP contribution in [0.3, 0.4) is 0 Å². The fourth-order valence-corrected chi connectivity index (χ4v) is 2.58. The lowest BCUT2D eigenvalue weighted by Crippen LogP contribution is -2.23. The number of benzene rings is 1. The molecular weight excluding hydrogens is 305 g/mol. The highest BCUT2D eigenvalue weighted by Gasteiger charge is 2.30. The van der Waals surface area contributed by atoms with Gasteiger partial charge in [0.15, 0.2) is 0 Å². The van der Waals surface area contributed by atoms with Gasteiger partial charge < -0.3 is 0 Å². The number of halogens is 3. The second kappa shape index (κ2) is 5.82. The van der Waals surface area contributed by atoms with Crippen LogP contribution in [-0.2, 0) is 22.7 Å². The van der Waals surface area contributed by atoms with E-state index in [0.29, 0.717) is 5.69 Å². The molecule has 0 unspecified atom stereocenters. The summed E-state index contributed by atoms with van der Waals surface area (Å²) >= 11 is 0. The van der Waals surface area contributed by atoms with Gasteiger partial charge in [-0.3, -0.25) is 4.98 Å². The lowest BCUT2D eigenvalue weighted by molar-refractivity contribution is -0.137.